The highest BCUT2D eigenvalue weighted by molar-refractivity contribution is 5.94. The van der Waals surface area contributed by atoms with Crippen molar-refractivity contribution in [3.63, 3.8) is 0 Å². The second-order valence-electron chi connectivity index (χ2n) is 5.48. The number of carbonyl (C=O) groups is 1. The summed E-state index contributed by atoms with van der Waals surface area (Å²) >= 11 is 0. The molecular formula is C16H24N2O3. The van der Waals surface area contributed by atoms with E-state index in [4.69, 9.17) is 9.47 Å². The van der Waals surface area contributed by atoms with Crippen molar-refractivity contribution in [1.29, 1.82) is 0 Å². The van der Waals surface area contributed by atoms with Gasteiger partial charge in [-0.05, 0) is 37.7 Å². The van der Waals surface area contributed by atoms with Gasteiger partial charge in [0.05, 0.1) is 7.11 Å². The first-order chi connectivity index (χ1) is 10.2. The summed E-state index contributed by atoms with van der Waals surface area (Å²) in [6, 6.07) is 3.45. The average molecular weight is 292 g/mol. The van der Waals surface area contributed by atoms with Gasteiger partial charge in [0.1, 0.15) is 0 Å². The lowest BCUT2D eigenvalue weighted by atomic mass is 9.93. The molecule has 1 amide bonds. The molecule has 5 heteroatoms. The lowest BCUT2D eigenvalue weighted by Gasteiger charge is -2.33. The van der Waals surface area contributed by atoms with E-state index >= 15 is 0 Å². The van der Waals surface area contributed by atoms with Crippen LogP contribution in [-0.2, 0) is 4.74 Å². The van der Waals surface area contributed by atoms with Gasteiger partial charge in [0, 0.05) is 44.6 Å². The molecule has 1 aromatic rings. The van der Waals surface area contributed by atoms with Crippen molar-refractivity contribution in [2.75, 3.05) is 33.9 Å². The zero-order valence-corrected chi connectivity index (χ0v) is 12.9. The Morgan fingerprint density at radius 3 is 3.10 bits per heavy atom. The largest absolute Gasteiger partial charge is 0.481 e. The number of methoxy groups -OCH3 is 2. The lowest BCUT2D eigenvalue weighted by Crippen LogP contribution is -2.40. The number of nitrogens with zero attached hydrogens (tertiary/aromatic N) is 2. The maximum Gasteiger partial charge on any atom is 0.254 e. The topological polar surface area (TPSA) is 51.7 Å². The molecule has 1 atom stereocenters. The quantitative estimate of drug-likeness (QED) is 0.755. The molecule has 0 radical (unpaired) electrons. The van der Waals surface area contributed by atoms with Gasteiger partial charge in [-0.15, -0.1) is 0 Å². The zero-order valence-electron chi connectivity index (χ0n) is 12.9. The molecule has 1 saturated heterocycles. The van der Waals surface area contributed by atoms with Gasteiger partial charge in [0.15, 0.2) is 0 Å². The number of pyridine rings is 1. The highest BCUT2D eigenvalue weighted by Crippen LogP contribution is 2.23. The highest BCUT2D eigenvalue weighted by atomic mass is 16.5. The third-order valence-corrected chi connectivity index (χ3v) is 3.96. The van der Waals surface area contributed by atoms with E-state index in [1.54, 1.807) is 32.5 Å². The Morgan fingerprint density at radius 2 is 2.33 bits per heavy atom. The van der Waals surface area contributed by atoms with E-state index in [-0.39, 0.29) is 5.91 Å². The van der Waals surface area contributed by atoms with Crippen LogP contribution in [0.5, 0.6) is 5.88 Å². The predicted octanol–water partition coefficient (Wildman–Crippen LogP) is 2.37. The number of aromatic nitrogens is 1. The molecule has 21 heavy (non-hydrogen) atoms. The highest BCUT2D eigenvalue weighted by Gasteiger charge is 2.24. The minimum absolute atomic E-state index is 0.0761. The van der Waals surface area contributed by atoms with Crippen molar-refractivity contribution < 1.29 is 14.3 Å². The number of likely N-dealkylation sites (tertiary alicyclic amines) is 1. The molecule has 5 nitrogen and oxygen atoms in total. The maximum atomic E-state index is 12.6. The number of hydrogen-bond acceptors (Lipinski definition) is 4. The third-order valence-electron chi connectivity index (χ3n) is 3.96. The van der Waals surface area contributed by atoms with E-state index in [0.717, 1.165) is 39.0 Å². The van der Waals surface area contributed by atoms with Gasteiger partial charge in [-0.1, -0.05) is 0 Å². The molecular weight excluding hydrogens is 268 g/mol. The van der Waals surface area contributed by atoms with Crippen LogP contribution in [0.3, 0.4) is 0 Å². The molecule has 0 aliphatic carbocycles. The number of hydrogen-bond donors (Lipinski definition) is 0. The van der Waals surface area contributed by atoms with Gasteiger partial charge in [0.2, 0.25) is 5.88 Å². The Bertz CT molecular complexity index is 465. The van der Waals surface area contributed by atoms with Crippen molar-refractivity contribution in [2.45, 2.75) is 25.7 Å². The van der Waals surface area contributed by atoms with Gasteiger partial charge in [-0.3, -0.25) is 4.79 Å². The van der Waals surface area contributed by atoms with E-state index in [0.29, 0.717) is 17.4 Å². The first-order valence-electron chi connectivity index (χ1n) is 7.53. The summed E-state index contributed by atoms with van der Waals surface area (Å²) in [7, 11) is 3.29. The van der Waals surface area contributed by atoms with Crippen molar-refractivity contribution >= 4 is 5.91 Å². The maximum absolute atomic E-state index is 12.6. The Hall–Kier alpha value is -1.62. The van der Waals surface area contributed by atoms with E-state index in [1.807, 2.05) is 4.90 Å². The predicted molar refractivity (Wildman–Crippen MR) is 80.5 cm³/mol. The van der Waals surface area contributed by atoms with Gasteiger partial charge < -0.3 is 14.4 Å². The van der Waals surface area contributed by atoms with Crippen molar-refractivity contribution in [1.82, 2.24) is 9.88 Å². The number of rotatable bonds is 6. The second-order valence-corrected chi connectivity index (χ2v) is 5.48. The molecule has 0 aromatic carbocycles. The first kappa shape index (κ1) is 15.8. The Morgan fingerprint density at radius 1 is 1.48 bits per heavy atom. The van der Waals surface area contributed by atoms with Crippen LogP contribution in [0.25, 0.3) is 0 Å². The third kappa shape index (κ3) is 4.43. The molecule has 1 aliphatic rings. The minimum Gasteiger partial charge on any atom is -0.481 e. The van der Waals surface area contributed by atoms with Crippen LogP contribution in [-0.4, -0.2) is 49.7 Å². The second kappa shape index (κ2) is 7.98. The minimum atomic E-state index is 0.0761. The van der Waals surface area contributed by atoms with E-state index in [9.17, 15) is 4.79 Å². The fourth-order valence-corrected chi connectivity index (χ4v) is 2.84. The van der Waals surface area contributed by atoms with E-state index in [1.165, 1.54) is 6.42 Å². The standard InChI is InChI=1S/C16H24N2O3/c1-20-10-4-6-13-5-3-9-18(12-13)16(19)14-7-8-17-15(11-14)21-2/h7-8,11,13H,3-6,9-10,12H2,1-2H3/t13-/m1/s1. The molecule has 0 spiro atoms. The number of ether oxygens (including phenoxy) is 2. The summed E-state index contributed by atoms with van der Waals surface area (Å²) in [6.07, 6.45) is 6.08. The van der Waals surface area contributed by atoms with Gasteiger partial charge in [-0.25, -0.2) is 4.98 Å². The zero-order chi connectivity index (χ0) is 15.1. The summed E-state index contributed by atoms with van der Waals surface area (Å²) in [6.45, 7) is 2.48. The van der Waals surface area contributed by atoms with Crippen LogP contribution in [0, 0.1) is 5.92 Å². The molecule has 2 heterocycles. The van der Waals surface area contributed by atoms with Crippen LogP contribution >= 0.6 is 0 Å². The Balaban J connectivity index is 1.94. The summed E-state index contributed by atoms with van der Waals surface area (Å²) < 4.78 is 10.2. The summed E-state index contributed by atoms with van der Waals surface area (Å²) in [4.78, 5) is 18.6. The molecule has 1 aromatic heterocycles. The molecule has 116 valence electrons. The number of amides is 1. The fourth-order valence-electron chi connectivity index (χ4n) is 2.84. The van der Waals surface area contributed by atoms with Crippen LogP contribution in [0.1, 0.15) is 36.0 Å². The van der Waals surface area contributed by atoms with Crippen LogP contribution in [0.2, 0.25) is 0 Å². The molecule has 0 unspecified atom stereocenters. The summed E-state index contributed by atoms with van der Waals surface area (Å²) in [5.74, 6) is 1.14. The SMILES string of the molecule is COCCC[C@H]1CCCN(C(=O)c2ccnc(OC)c2)C1. The normalized spacial score (nSPS) is 18.6. The average Bonchev–Trinajstić information content (AvgIpc) is 2.55. The molecule has 2 rings (SSSR count). The Labute approximate surface area is 126 Å². The van der Waals surface area contributed by atoms with Crippen LogP contribution in [0.4, 0.5) is 0 Å². The van der Waals surface area contributed by atoms with Gasteiger partial charge >= 0.3 is 0 Å². The monoisotopic (exact) mass is 292 g/mol. The van der Waals surface area contributed by atoms with E-state index in [2.05, 4.69) is 4.98 Å². The van der Waals surface area contributed by atoms with Gasteiger partial charge in [0.25, 0.3) is 5.91 Å². The molecule has 1 fully saturated rings. The lowest BCUT2D eigenvalue weighted by molar-refractivity contribution is 0.0660. The van der Waals surface area contributed by atoms with Crippen molar-refractivity contribution in [2.24, 2.45) is 5.92 Å². The van der Waals surface area contributed by atoms with Crippen LogP contribution in [0.15, 0.2) is 18.3 Å². The molecule has 0 N–H and O–H groups in total. The smallest absolute Gasteiger partial charge is 0.254 e. The number of carbonyl (C=O) groups excluding carboxylic acids is 1. The van der Waals surface area contributed by atoms with Crippen molar-refractivity contribution in [3.8, 4) is 5.88 Å². The number of piperidine rings is 1. The first-order valence-corrected chi connectivity index (χ1v) is 7.53. The molecule has 0 bridgehead atoms. The van der Waals surface area contributed by atoms with Gasteiger partial charge in [-0.2, -0.15) is 0 Å². The molecule has 1 aliphatic heterocycles. The Kier molecular flexibility index (Phi) is 5.99. The molecule has 0 saturated carbocycles. The van der Waals surface area contributed by atoms with E-state index < -0.39 is 0 Å². The van der Waals surface area contributed by atoms with Crippen molar-refractivity contribution in [3.05, 3.63) is 23.9 Å². The fraction of sp³-hybridized carbons (Fsp3) is 0.625. The summed E-state index contributed by atoms with van der Waals surface area (Å²) in [5, 5.41) is 0. The van der Waals surface area contributed by atoms with Crippen LogP contribution < -0.4 is 4.74 Å². The summed E-state index contributed by atoms with van der Waals surface area (Å²) in [5.41, 5.74) is 0.652.